The average molecular weight is 385 g/mol. The second-order valence-electron chi connectivity index (χ2n) is 7.35. The lowest BCUT2D eigenvalue weighted by Gasteiger charge is -2.34. The summed E-state index contributed by atoms with van der Waals surface area (Å²) in [5, 5.41) is 6.98. The van der Waals surface area contributed by atoms with Gasteiger partial charge in [0.05, 0.1) is 5.69 Å². The molecule has 2 aromatic rings. The summed E-state index contributed by atoms with van der Waals surface area (Å²) in [5.41, 5.74) is 3.05. The molecule has 0 atom stereocenters. The normalized spacial score (nSPS) is 14.8. The van der Waals surface area contributed by atoms with Crippen molar-refractivity contribution < 1.29 is 14.1 Å². The highest BCUT2D eigenvalue weighted by atomic mass is 16.5. The van der Waals surface area contributed by atoms with Crippen molar-refractivity contribution in [3.8, 4) is 0 Å². The average Bonchev–Trinajstić information content (AvgIpc) is 3.08. The number of piperazine rings is 1. The smallest absolute Gasteiger partial charge is 0.321 e. The van der Waals surface area contributed by atoms with Crippen molar-refractivity contribution in [2.45, 2.75) is 20.4 Å². The summed E-state index contributed by atoms with van der Waals surface area (Å²) in [6.07, 6.45) is 0. The van der Waals surface area contributed by atoms with E-state index in [4.69, 9.17) is 4.52 Å². The first-order valence-electron chi connectivity index (χ1n) is 9.36. The van der Waals surface area contributed by atoms with Crippen molar-refractivity contribution in [2.75, 3.05) is 45.6 Å². The van der Waals surface area contributed by atoms with Crippen LogP contribution in [0.25, 0.3) is 0 Å². The predicted molar refractivity (Wildman–Crippen MR) is 106 cm³/mol. The fourth-order valence-electron chi connectivity index (χ4n) is 3.17. The molecule has 1 saturated heterocycles. The molecule has 28 heavy (non-hydrogen) atoms. The molecule has 1 aromatic carbocycles. The highest BCUT2D eigenvalue weighted by Gasteiger charge is 2.22. The Morgan fingerprint density at radius 1 is 1.14 bits per heavy atom. The van der Waals surface area contributed by atoms with Gasteiger partial charge in [0.25, 0.3) is 5.91 Å². The van der Waals surface area contributed by atoms with Gasteiger partial charge >= 0.3 is 6.03 Å². The highest BCUT2D eigenvalue weighted by molar-refractivity contribution is 5.97. The van der Waals surface area contributed by atoms with Crippen LogP contribution < -0.4 is 5.32 Å². The molecule has 1 aliphatic rings. The number of aromatic nitrogens is 1. The lowest BCUT2D eigenvalue weighted by molar-refractivity contribution is 0.0827. The van der Waals surface area contributed by atoms with Crippen molar-refractivity contribution in [1.29, 1.82) is 0 Å². The Kier molecular flexibility index (Phi) is 5.99. The van der Waals surface area contributed by atoms with E-state index < -0.39 is 0 Å². The molecule has 1 aliphatic heterocycles. The topological polar surface area (TPSA) is 81.9 Å². The van der Waals surface area contributed by atoms with Gasteiger partial charge in [-0.15, -0.1) is 0 Å². The van der Waals surface area contributed by atoms with E-state index in [1.807, 2.05) is 26.0 Å². The summed E-state index contributed by atoms with van der Waals surface area (Å²) in [7, 11) is 3.42. The third-order valence-corrected chi connectivity index (χ3v) is 4.85. The summed E-state index contributed by atoms with van der Waals surface area (Å²) < 4.78 is 5.11. The standard InChI is InChI=1S/C20H27N5O3/c1-14-5-6-16(19(26)23(3)4)12-18(14)21-20(27)25-9-7-24(8-10-25)13-17-11-15(2)28-22-17/h5-6,11-12H,7-10,13H2,1-4H3,(H,21,27). The maximum atomic E-state index is 12.7. The minimum absolute atomic E-state index is 0.0905. The van der Waals surface area contributed by atoms with Crippen LogP contribution in [0.15, 0.2) is 28.8 Å². The minimum atomic E-state index is -0.144. The van der Waals surface area contributed by atoms with Crippen molar-refractivity contribution >= 4 is 17.6 Å². The van der Waals surface area contributed by atoms with Crippen molar-refractivity contribution in [2.24, 2.45) is 0 Å². The van der Waals surface area contributed by atoms with Crippen LogP contribution in [0.1, 0.15) is 27.4 Å². The van der Waals surface area contributed by atoms with Gasteiger partial charge in [-0.25, -0.2) is 4.79 Å². The number of carbonyl (C=O) groups is 2. The second-order valence-corrected chi connectivity index (χ2v) is 7.35. The molecule has 8 nitrogen and oxygen atoms in total. The van der Waals surface area contributed by atoms with Crippen LogP contribution in [0.4, 0.5) is 10.5 Å². The van der Waals surface area contributed by atoms with Gasteiger partial charge in [-0.1, -0.05) is 11.2 Å². The van der Waals surface area contributed by atoms with Gasteiger partial charge in [-0.3, -0.25) is 9.69 Å². The molecule has 0 bridgehead atoms. The molecule has 2 heterocycles. The molecule has 1 N–H and O–H groups in total. The second kappa shape index (κ2) is 8.43. The number of nitrogens with zero attached hydrogens (tertiary/aromatic N) is 4. The molecule has 8 heteroatoms. The Labute approximate surface area is 165 Å². The van der Waals surface area contributed by atoms with Gasteiger partial charge in [0.15, 0.2) is 0 Å². The van der Waals surface area contributed by atoms with Gasteiger partial charge in [-0.2, -0.15) is 0 Å². The Bertz CT molecular complexity index is 853. The molecule has 0 radical (unpaired) electrons. The van der Waals surface area contributed by atoms with Crippen LogP contribution in [0.5, 0.6) is 0 Å². The van der Waals surface area contributed by atoms with Crippen molar-refractivity contribution in [1.82, 2.24) is 19.9 Å². The number of hydrogen-bond acceptors (Lipinski definition) is 5. The molecule has 0 aliphatic carbocycles. The largest absolute Gasteiger partial charge is 0.361 e. The van der Waals surface area contributed by atoms with Crippen LogP contribution in [-0.4, -0.2) is 72.1 Å². The summed E-state index contributed by atoms with van der Waals surface area (Å²) in [5.74, 6) is 0.713. The van der Waals surface area contributed by atoms with Gasteiger partial charge in [0.2, 0.25) is 0 Å². The van der Waals surface area contributed by atoms with Crippen molar-refractivity contribution in [3.63, 3.8) is 0 Å². The zero-order valence-electron chi connectivity index (χ0n) is 16.9. The molecule has 150 valence electrons. The van der Waals surface area contributed by atoms with Gasteiger partial charge < -0.3 is 19.6 Å². The summed E-state index contributed by atoms with van der Waals surface area (Å²) >= 11 is 0. The van der Waals surface area contributed by atoms with Gasteiger partial charge in [-0.05, 0) is 31.5 Å². The third-order valence-electron chi connectivity index (χ3n) is 4.85. The molecule has 0 saturated carbocycles. The van der Waals surface area contributed by atoms with E-state index in [1.54, 1.807) is 31.1 Å². The molecular weight excluding hydrogens is 358 g/mol. The first-order valence-corrected chi connectivity index (χ1v) is 9.36. The molecule has 0 unspecified atom stereocenters. The van der Waals surface area contributed by atoms with E-state index in [-0.39, 0.29) is 11.9 Å². The number of rotatable bonds is 4. The Balaban J connectivity index is 1.57. The number of benzene rings is 1. The van der Waals surface area contributed by atoms with E-state index in [9.17, 15) is 9.59 Å². The van der Waals surface area contributed by atoms with E-state index in [0.717, 1.165) is 36.7 Å². The third kappa shape index (κ3) is 4.69. The highest BCUT2D eigenvalue weighted by Crippen LogP contribution is 2.19. The summed E-state index contributed by atoms with van der Waals surface area (Å²) in [4.78, 5) is 30.4. The van der Waals surface area contributed by atoms with Gasteiger partial charge in [0.1, 0.15) is 5.76 Å². The van der Waals surface area contributed by atoms with E-state index in [1.165, 1.54) is 4.90 Å². The zero-order chi connectivity index (χ0) is 20.3. The zero-order valence-corrected chi connectivity index (χ0v) is 16.9. The first-order chi connectivity index (χ1) is 13.3. The van der Waals surface area contributed by atoms with Crippen LogP contribution in [0.3, 0.4) is 0 Å². The predicted octanol–water partition coefficient (Wildman–Crippen LogP) is 2.34. The Morgan fingerprint density at radius 3 is 2.46 bits per heavy atom. The fourth-order valence-corrected chi connectivity index (χ4v) is 3.17. The van der Waals surface area contributed by atoms with Crippen LogP contribution in [0, 0.1) is 13.8 Å². The van der Waals surface area contributed by atoms with E-state index in [0.29, 0.717) is 24.3 Å². The lowest BCUT2D eigenvalue weighted by atomic mass is 10.1. The van der Waals surface area contributed by atoms with Crippen LogP contribution >= 0.6 is 0 Å². The van der Waals surface area contributed by atoms with Crippen LogP contribution in [0.2, 0.25) is 0 Å². The summed E-state index contributed by atoms with van der Waals surface area (Å²) in [6.45, 7) is 7.34. The van der Waals surface area contributed by atoms with E-state index in [2.05, 4.69) is 15.4 Å². The number of amides is 3. The lowest BCUT2D eigenvalue weighted by Crippen LogP contribution is -2.49. The summed E-state index contributed by atoms with van der Waals surface area (Å²) in [6, 6.07) is 7.15. The number of anilines is 1. The van der Waals surface area contributed by atoms with E-state index >= 15 is 0 Å². The molecule has 3 rings (SSSR count). The van der Waals surface area contributed by atoms with Crippen molar-refractivity contribution in [3.05, 3.63) is 46.8 Å². The minimum Gasteiger partial charge on any atom is -0.361 e. The first kappa shape index (κ1) is 19.9. The van der Waals surface area contributed by atoms with Gasteiger partial charge in [0, 0.05) is 64.1 Å². The monoisotopic (exact) mass is 385 g/mol. The molecule has 1 fully saturated rings. The van der Waals surface area contributed by atoms with Crippen LogP contribution in [-0.2, 0) is 6.54 Å². The Hall–Kier alpha value is -2.87. The molecular formula is C20H27N5O3. The molecule has 0 spiro atoms. The maximum Gasteiger partial charge on any atom is 0.321 e. The number of aryl methyl sites for hydroxylation is 2. The SMILES string of the molecule is Cc1cc(CN2CCN(C(=O)Nc3cc(C(=O)N(C)C)ccc3C)CC2)no1. The number of carbonyl (C=O) groups excluding carboxylic acids is 2. The number of hydrogen-bond donors (Lipinski definition) is 1. The quantitative estimate of drug-likeness (QED) is 0.874. The Morgan fingerprint density at radius 2 is 1.86 bits per heavy atom. The fraction of sp³-hybridized carbons (Fsp3) is 0.450. The number of urea groups is 1. The number of nitrogens with one attached hydrogen (secondary N) is 1. The molecule has 1 aromatic heterocycles. The molecule has 3 amide bonds. The maximum absolute atomic E-state index is 12.7.